The van der Waals surface area contributed by atoms with Crippen molar-refractivity contribution in [3.8, 4) is 0 Å². The van der Waals surface area contributed by atoms with Crippen molar-refractivity contribution in [3.05, 3.63) is 78.0 Å². The van der Waals surface area contributed by atoms with Gasteiger partial charge in [-0.1, -0.05) is 36.4 Å². The second kappa shape index (κ2) is 9.29. The predicted octanol–water partition coefficient (Wildman–Crippen LogP) is 1.75. The number of nitrogens with two attached hydrogens (primary N) is 1. The highest BCUT2D eigenvalue weighted by molar-refractivity contribution is 7.89. The van der Waals surface area contributed by atoms with Gasteiger partial charge in [0.05, 0.1) is 16.1 Å². The third-order valence-corrected chi connectivity index (χ3v) is 5.03. The van der Waals surface area contributed by atoms with E-state index in [4.69, 9.17) is 9.88 Å². The Kier molecular flexibility index (Phi) is 6.55. The van der Waals surface area contributed by atoms with Crippen LogP contribution in [-0.4, -0.2) is 31.9 Å². The molecule has 0 aliphatic rings. The van der Waals surface area contributed by atoms with Crippen LogP contribution < -0.4 is 10.5 Å². The highest BCUT2D eigenvalue weighted by atomic mass is 32.2. The normalized spacial score (nSPS) is 11.5. The molecule has 3 N–H and O–H groups in total. The standard InChI is InChI=1S/C21H19N3O5S/c22-30(27,28)18-10-5-15(6-11-18)13-23-20(25)14-29-21(26)12-9-17-8-7-16-3-1-2-4-19(16)24-17/h1-12H,13-14H2,(H,23,25)(H2,22,27,28)/b12-9+. The van der Waals surface area contributed by atoms with Gasteiger partial charge in [-0.3, -0.25) is 4.79 Å². The smallest absolute Gasteiger partial charge is 0.331 e. The van der Waals surface area contributed by atoms with E-state index in [0.29, 0.717) is 11.3 Å². The van der Waals surface area contributed by atoms with Gasteiger partial charge in [0.2, 0.25) is 10.0 Å². The summed E-state index contributed by atoms with van der Waals surface area (Å²) in [5.74, 6) is -1.16. The van der Waals surface area contributed by atoms with Crippen molar-refractivity contribution in [2.45, 2.75) is 11.4 Å². The molecule has 0 unspecified atom stereocenters. The number of ether oxygens (including phenoxy) is 1. The summed E-state index contributed by atoms with van der Waals surface area (Å²) in [7, 11) is -3.76. The van der Waals surface area contributed by atoms with Crippen molar-refractivity contribution >= 4 is 38.9 Å². The number of nitrogens with one attached hydrogen (secondary N) is 1. The number of aromatic nitrogens is 1. The van der Waals surface area contributed by atoms with Crippen LogP contribution in [0.25, 0.3) is 17.0 Å². The monoisotopic (exact) mass is 425 g/mol. The zero-order valence-electron chi connectivity index (χ0n) is 15.8. The minimum atomic E-state index is -3.76. The van der Waals surface area contributed by atoms with Gasteiger partial charge >= 0.3 is 5.97 Å². The Morgan fingerprint density at radius 1 is 1.03 bits per heavy atom. The fourth-order valence-corrected chi connectivity index (χ4v) is 3.08. The molecule has 0 fully saturated rings. The Hall–Kier alpha value is -3.56. The van der Waals surface area contributed by atoms with E-state index in [0.717, 1.165) is 10.9 Å². The summed E-state index contributed by atoms with van der Waals surface area (Å²) in [5.41, 5.74) is 2.08. The van der Waals surface area contributed by atoms with Crippen LogP contribution in [0.15, 0.2) is 71.6 Å². The average Bonchev–Trinajstić information content (AvgIpc) is 2.74. The summed E-state index contributed by atoms with van der Waals surface area (Å²) in [6.07, 6.45) is 2.72. The minimum Gasteiger partial charge on any atom is -0.452 e. The predicted molar refractivity (Wildman–Crippen MR) is 111 cm³/mol. The second-order valence-electron chi connectivity index (χ2n) is 6.34. The number of sulfonamides is 1. The molecular formula is C21H19N3O5S. The average molecular weight is 425 g/mol. The molecule has 0 radical (unpaired) electrons. The molecule has 154 valence electrons. The molecule has 8 nitrogen and oxygen atoms in total. The summed E-state index contributed by atoms with van der Waals surface area (Å²) in [4.78, 5) is 28.0. The molecule has 0 saturated carbocycles. The van der Waals surface area contributed by atoms with E-state index in [1.165, 1.54) is 36.4 Å². The van der Waals surface area contributed by atoms with Gasteiger partial charge in [0.25, 0.3) is 5.91 Å². The van der Waals surface area contributed by atoms with Crippen LogP contribution >= 0.6 is 0 Å². The van der Waals surface area contributed by atoms with E-state index in [-0.39, 0.29) is 11.4 Å². The Morgan fingerprint density at radius 3 is 2.50 bits per heavy atom. The van der Waals surface area contributed by atoms with Crippen molar-refractivity contribution in [3.63, 3.8) is 0 Å². The zero-order chi connectivity index (χ0) is 21.6. The molecule has 0 bridgehead atoms. The summed E-state index contributed by atoms with van der Waals surface area (Å²) in [6.45, 7) is -0.290. The molecule has 9 heteroatoms. The Bertz CT molecular complexity index is 1200. The number of hydrogen-bond acceptors (Lipinski definition) is 6. The molecular weight excluding hydrogens is 406 g/mol. The molecule has 1 aromatic heterocycles. The Morgan fingerprint density at radius 2 is 1.77 bits per heavy atom. The van der Waals surface area contributed by atoms with Crippen LogP contribution in [0, 0.1) is 0 Å². The quantitative estimate of drug-likeness (QED) is 0.438. The lowest BCUT2D eigenvalue weighted by molar-refractivity contribution is -0.143. The number of hydrogen-bond donors (Lipinski definition) is 2. The number of amides is 1. The number of fused-ring (bicyclic) bond motifs is 1. The third-order valence-electron chi connectivity index (χ3n) is 4.10. The maximum atomic E-state index is 11.8. The number of pyridine rings is 1. The Balaban J connectivity index is 1.45. The van der Waals surface area contributed by atoms with E-state index in [1.807, 2.05) is 30.3 Å². The zero-order valence-corrected chi connectivity index (χ0v) is 16.6. The number of para-hydroxylation sites is 1. The summed E-state index contributed by atoms with van der Waals surface area (Å²) >= 11 is 0. The first-order chi connectivity index (χ1) is 14.3. The lowest BCUT2D eigenvalue weighted by Crippen LogP contribution is -2.28. The molecule has 0 atom stereocenters. The summed E-state index contributed by atoms with van der Waals surface area (Å²) < 4.78 is 27.3. The molecule has 2 aromatic carbocycles. The van der Waals surface area contributed by atoms with Crippen molar-refractivity contribution in [1.29, 1.82) is 0 Å². The summed E-state index contributed by atoms with van der Waals surface area (Å²) in [6, 6.07) is 17.1. The first-order valence-corrected chi connectivity index (χ1v) is 10.4. The SMILES string of the molecule is NS(=O)(=O)c1ccc(CNC(=O)COC(=O)/C=C/c2ccc3ccccc3n2)cc1. The fraction of sp³-hybridized carbons (Fsp3) is 0.0952. The van der Waals surface area contributed by atoms with Gasteiger partial charge in [0.1, 0.15) is 0 Å². The van der Waals surface area contributed by atoms with Gasteiger partial charge in [0, 0.05) is 18.0 Å². The molecule has 30 heavy (non-hydrogen) atoms. The largest absolute Gasteiger partial charge is 0.452 e. The topological polar surface area (TPSA) is 128 Å². The van der Waals surface area contributed by atoms with E-state index < -0.39 is 28.5 Å². The van der Waals surface area contributed by atoms with Crippen LogP contribution in [0.1, 0.15) is 11.3 Å². The van der Waals surface area contributed by atoms with Crippen molar-refractivity contribution in [1.82, 2.24) is 10.3 Å². The van der Waals surface area contributed by atoms with Gasteiger partial charge in [0.15, 0.2) is 6.61 Å². The van der Waals surface area contributed by atoms with Crippen LogP contribution in [0.5, 0.6) is 0 Å². The molecule has 0 saturated heterocycles. The number of carbonyl (C=O) groups is 2. The van der Waals surface area contributed by atoms with Gasteiger partial charge in [-0.05, 0) is 35.9 Å². The van der Waals surface area contributed by atoms with Gasteiger partial charge in [-0.15, -0.1) is 0 Å². The number of nitrogens with zero attached hydrogens (tertiary/aromatic N) is 1. The van der Waals surface area contributed by atoms with Crippen molar-refractivity contribution in [2.24, 2.45) is 5.14 Å². The van der Waals surface area contributed by atoms with Gasteiger partial charge in [-0.2, -0.15) is 0 Å². The minimum absolute atomic E-state index is 0.0146. The number of rotatable bonds is 7. The maximum absolute atomic E-state index is 11.8. The van der Waals surface area contributed by atoms with Crippen LogP contribution in [-0.2, 0) is 30.9 Å². The van der Waals surface area contributed by atoms with Crippen LogP contribution in [0.4, 0.5) is 0 Å². The van der Waals surface area contributed by atoms with Gasteiger partial charge < -0.3 is 10.1 Å². The molecule has 1 heterocycles. The molecule has 0 aliphatic heterocycles. The number of carbonyl (C=O) groups excluding carboxylic acids is 2. The van der Waals surface area contributed by atoms with E-state index in [1.54, 1.807) is 6.07 Å². The highest BCUT2D eigenvalue weighted by Crippen LogP contribution is 2.12. The van der Waals surface area contributed by atoms with E-state index in [2.05, 4.69) is 10.3 Å². The Labute approximate surface area is 173 Å². The van der Waals surface area contributed by atoms with E-state index >= 15 is 0 Å². The van der Waals surface area contributed by atoms with Crippen molar-refractivity contribution in [2.75, 3.05) is 6.61 Å². The maximum Gasteiger partial charge on any atom is 0.331 e. The number of esters is 1. The molecule has 0 aliphatic carbocycles. The van der Waals surface area contributed by atoms with Crippen molar-refractivity contribution < 1.29 is 22.7 Å². The number of primary sulfonamides is 1. The van der Waals surface area contributed by atoms with Gasteiger partial charge in [-0.25, -0.2) is 23.3 Å². The van der Waals surface area contributed by atoms with E-state index in [9.17, 15) is 18.0 Å². The molecule has 1 amide bonds. The summed E-state index contributed by atoms with van der Waals surface area (Å²) in [5, 5.41) is 8.59. The molecule has 0 spiro atoms. The van der Waals surface area contributed by atoms with Crippen LogP contribution in [0.3, 0.4) is 0 Å². The highest BCUT2D eigenvalue weighted by Gasteiger charge is 2.08. The molecule has 3 rings (SSSR count). The molecule has 3 aromatic rings. The number of benzene rings is 2. The fourth-order valence-electron chi connectivity index (χ4n) is 2.56. The lowest BCUT2D eigenvalue weighted by Gasteiger charge is -2.06. The first-order valence-electron chi connectivity index (χ1n) is 8.90. The lowest BCUT2D eigenvalue weighted by atomic mass is 10.2. The van der Waals surface area contributed by atoms with Crippen LogP contribution in [0.2, 0.25) is 0 Å². The first kappa shape index (κ1) is 21.2. The second-order valence-corrected chi connectivity index (χ2v) is 7.90. The third kappa shape index (κ3) is 5.97.